The Balaban J connectivity index is 2.05. The number of aliphatic hydroxyl groups excluding tert-OH is 3. The van der Waals surface area contributed by atoms with Crippen molar-refractivity contribution < 1.29 is 44.0 Å². The number of amides is 3. The van der Waals surface area contributed by atoms with E-state index in [0.717, 1.165) is 11.2 Å². The first-order chi connectivity index (χ1) is 11.1. The number of aliphatic imine (C=N–C) groups is 2. The number of nitrogens with one attached hydrogen (secondary N) is 1. The van der Waals surface area contributed by atoms with E-state index in [1.807, 2.05) is 0 Å². The number of hydrogen-bond acceptors (Lipinski definition) is 9. The summed E-state index contributed by atoms with van der Waals surface area (Å²) in [6.45, 7) is -0.644. The summed E-state index contributed by atoms with van der Waals surface area (Å²) in [5.74, 6) is -2.12. The average Bonchev–Trinajstić information content (AvgIpc) is 2.99. The maximum atomic E-state index is 12.0. The van der Waals surface area contributed by atoms with E-state index in [-0.39, 0.29) is 0 Å². The maximum Gasteiger partial charge on any atom is 0.370 e. The van der Waals surface area contributed by atoms with Gasteiger partial charge in [-0.15, -0.1) is 0 Å². The summed E-state index contributed by atoms with van der Waals surface area (Å²) >= 11 is 0. The molecule has 0 saturated carbocycles. The van der Waals surface area contributed by atoms with Crippen molar-refractivity contribution >= 4 is 31.7 Å². The summed E-state index contributed by atoms with van der Waals surface area (Å²) in [5.41, 5.74) is 0. The Morgan fingerprint density at radius 3 is 2.54 bits per heavy atom. The topological polar surface area (TPSA) is 202 Å². The Kier molecular flexibility index (Phi) is 3.84. The van der Waals surface area contributed by atoms with E-state index in [9.17, 15) is 34.2 Å². The van der Waals surface area contributed by atoms with Crippen LogP contribution in [0.4, 0.5) is 4.79 Å². The van der Waals surface area contributed by atoms with Crippen LogP contribution in [0.1, 0.15) is 0 Å². The van der Waals surface area contributed by atoms with Gasteiger partial charge in [0, 0.05) is 0 Å². The van der Waals surface area contributed by atoms with E-state index >= 15 is 0 Å². The molecule has 14 heteroatoms. The van der Waals surface area contributed by atoms with Gasteiger partial charge >= 0.3 is 13.6 Å². The van der Waals surface area contributed by atoms with Crippen LogP contribution < -0.4 is 5.32 Å². The number of aliphatic hydroxyl groups is 3. The van der Waals surface area contributed by atoms with Crippen LogP contribution in [0.25, 0.3) is 0 Å². The van der Waals surface area contributed by atoms with Crippen molar-refractivity contribution in [2.75, 3.05) is 6.61 Å². The van der Waals surface area contributed by atoms with E-state index < -0.39 is 61.8 Å². The summed E-state index contributed by atoms with van der Waals surface area (Å²) in [5, 5.41) is 27.7. The molecule has 3 aliphatic heterocycles. The van der Waals surface area contributed by atoms with Gasteiger partial charge in [-0.3, -0.25) is 19.6 Å². The first kappa shape index (κ1) is 17.1. The highest BCUT2D eigenvalue weighted by Gasteiger charge is 2.66. The van der Waals surface area contributed by atoms with Crippen molar-refractivity contribution in [3.63, 3.8) is 0 Å². The molecule has 13 nitrogen and oxygen atoms in total. The predicted molar refractivity (Wildman–Crippen MR) is 73.8 cm³/mol. The Morgan fingerprint density at radius 2 is 2.00 bits per heavy atom. The molecule has 0 radical (unpaired) electrons. The van der Waals surface area contributed by atoms with E-state index in [1.54, 1.807) is 5.32 Å². The highest BCUT2D eigenvalue weighted by Crippen LogP contribution is 2.55. The quantitative estimate of drug-likeness (QED) is 0.270. The first-order valence-electron chi connectivity index (χ1n) is 6.60. The van der Waals surface area contributed by atoms with Gasteiger partial charge in [0.25, 0.3) is 11.2 Å². The number of urea groups is 1. The molecule has 6 N–H and O–H groups in total. The number of fused-ring (bicyclic) bond motifs is 1. The zero-order valence-corrected chi connectivity index (χ0v) is 12.6. The number of nitrogens with zero attached hydrogens (tertiary/aromatic N) is 3. The van der Waals surface area contributed by atoms with Crippen molar-refractivity contribution in [2.24, 2.45) is 9.98 Å². The molecule has 3 amide bonds. The number of hydrogen-bond donors (Lipinski definition) is 6. The van der Waals surface area contributed by atoms with Gasteiger partial charge in [0.15, 0.2) is 12.1 Å². The minimum Gasteiger partial charge on any atom is -0.394 e. The standard InChI is InChI=1S/C10H13N4O9P/c15-1-3-4(16)5(17)6(23-3)14-2-11-10(24(20,21)22)7(14)12-9(19)13-8(10)18/h2-6,15-17H,1H2,(H,13,18,19)(H2,20,21,22)/t3-,4-,5-,6-,10?/m1/s1. The summed E-state index contributed by atoms with van der Waals surface area (Å²) < 4.78 is 17.0. The summed E-state index contributed by atoms with van der Waals surface area (Å²) in [6, 6.07) is -1.18. The summed E-state index contributed by atoms with van der Waals surface area (Å²) in [7, 11) is -5.27. The Hall–Kier alpha value is -1.73. The number of imide groups is 1. The molecule has 5 atom stereocenters. The highest BCUT2D eigenvalue weighted by atomic mass is 31.2. The lowest BCUT2D eigenvalue weighted by Gasteiger charge is -2.33. The van der Waals surface area contributed by atoms with Crippen LogP contribution >= 0.6 is 7.60 Å². The lowest BCUT2D eigenvalue weighted by molar-refractivity contribution is -0.121. The molecule has 3 heterocycles. The molecule has 1 saturated heterocycles. The van der Waals surface area contributed by atoms with Gasteiger partial charge in [-0.2, -0.15) is 4.99 Å². The zero-order valence-electron chi connectivity index (χ0n) is 11.8. The lowest BCUT2D eigenvalue weighted by Crippen LogP contribution is -2.59. The van der Waals surface area contributed by atoms with Gasteiger partial charge in [-0.1, -0.05) is 0 Å². The molecule has 3 aliphatic rings. The summed E-state index contributed by atoms with van der Waals surface area (Å²) in [4.78, 5) is 50.3. The maximum absolute atomic E-state index is 12.0. The normalized spacial score (nSPS) is 39.0. The van der Waals surface area contributed by atoms with Crippen LogP contribution in [-0.4, -0.2) is 90.5 Å². The van der Waals surface area contributed by atoms with E-state index in [4.69, 9.17) is 9.84 Å². The molecular weight excluding hydrogens is 351 g/mol. The van der Waals surface area contributed by atoms with Crippen molar-refractivity contribution in [1.82, 2.24) is 10.2 Å². The Morgan fingerprint density at radius 1 is 1.33 bits per heavy atom. The molecule has 0 spiro atoms. The van der Waals surface area contributed by atoms with E-state index in [0.29, 0.717) is 0 Å². The average molecular weight is 364 g/mol. The van der Waals surface area contributed by atoms with Crippen molar-refractivity contribution in [3.05, 3.63) is 0 Å². The van der Waals surface area contributed by atoms with Crippen LogP contribution in [0.5, 0.6) is 0 Å². The van der Waals surface area contributed by atoms with Crippen LogP contribution in [0.2, 0.25) is 0 Å². The van der Waals surface area contributed by atoms with Crippen LogP contribution in [0.3, 0.4) is 0 Å². The second-order valence-electron chi connectivity index (χ2n) is 5.29. The molecular formula is C10H13N4O9P. The summed E-state index contributed by atoms with van der Waals surface area (Å²) in [6.07, 6.45) is -5.00. The van der Waals surface area contributed by atoms with Crippen LogP contribution in [0, 0.1) is 0 Å². The number of amidine groups is 1. The molecule has 0 aliphatic carbocycles. The molecule has 0 aromatic rings. The Labute approximate surface area is 133 Å². The van der Waals surface area contributed by atoms with Gasteiger partial charge in [-0.05, 0) is 0 Å². The third-order valence-electron chi connectivity index (χ3n) is 3.88. The monoisotopic (exact) mass is 364 g/mol. The van der Waals surface area contributed by atoms with Gasteiger partial charge in [0.05, 0.1) is 12.9 Å². The third-order valence-corrected chi connectivity index (χ3v) is 5.24. The predicted octanol–water partition coefficient (Wildman–Crippen LogP) is -3.71. The fourth-order valence-electron chi connectivity index (χ4n) is 2.68. The molecule has 3 rings (SSSR count). The SMILES string of the molecule is O=C1N=C2N([C@@H]3O[C@H](CO)[C@@H](O)[C@H]3O)C=NC2(P(=O)(O)O)C(=O)N1. The molecule has 24 heavy (non-hydrogen) atoms. The number of carbonyl (C=O) groups is 2. The molecule has 132 valence electrons. The lowest BCUT2D eigenvalue weighted by atomic mass is 10.1. The second-order valence-corrected chi connectivity index (χ2v) is 7.03. The fraction of sp³-hybridized carbons (Fsp3) is 0.600. The molecule has 0 aromatic heterocycles. The number of rotatable bonds is 3. The molecule has 0 aromatic carbocycles. The minimum atomic E-state index is -5.27. The molecule has 0 bridgehead atoms. The highest BCUT2D eigenvalue weighted by molar-refractivity contribution is 7.56. The van der Waals surface area contributed by atoms with Gasteiger partial charge in [0.2, 0.25) is 0 Å². The minimum absolute atomic E-state index is 0.644. The number of carbonyl (C=O) groups excluding carboxylic acids is 2. The Bertz CT molecular complexity index is 704. The van der Waals surface area contributed by atoms with Crippen LogP contribution in [-0.2, 0) is 14.1 Å². The van der Waals surface area contributed by atoms with Crippen molar-refractivity contribution in [1.29, 1.82) is 0 Å². The van der Waals surface area contributed by atoms with Gasteiger partial charge < -0.3 is 29.8 Å². The van der Waals surface area contributed by atoms with E-state index in [2.05, 4.69) is 9.98 Å². The fourth-order valence-corrected chi connectivity index (χ4v) is 3.62. The zero-order chi connectivity index (χ0) is 17.9. The van der Waals surface area contributed by atoms with Crippen molar-refractivity contribution in [3.8, 4) is 0 Å². The van der Waals surface area contributed by atoms with Crippen LogP contribution in [0.15, 0.2) is 9.98 Å². The second kappa shape index (κ2) is 5.39. The van der Waals surface area contributed by atoms with E-state index in [1.165, 1.54) is 0 Å². The van der Waals surface area contributed by atoms with Gasteiger partial charge in [0.1, 0.15) is 18.3 Å². The molecule has 1 unspecified atom stereocenters. The molecule has 1 fully saturated rings. The smallest absolute Gasteiger partial charge is 0.370 e. The first-order valence-corrected chi connectivity index (χ1v) is 8.21. The number of ether oxygens (including phenoxy) is 1. The largest absolute Gasteiger partial charge is 0.394 e. The third kappa shape index (κ3) is 2.14. The van der Waals surface area contributed by atoms with Gasteiger partial charge in [-0.25, -0.2) is 9.79 Å². The van der Waals surface area contributed by atoms with Crippen molar-refractivity contribution in [2.45, 2.75) is 29.8 Å².